The lowest BCUT2D eigenvalue weighted by Crippen LogP contribution is -2.02. The van der Waals surface area contributed by atoms with Gasteiger partial charge in [-0.15, -0.1) is 0 Å². The fraction of sp³-hybridized carbons (Fsp3) is 0.368. The van der Waals surface area contributed by atoms with Crippen LogP contribution in [0.15, 0.2) is 36.4 Å². The van der Waals surface area contributed by atoms with Crippen molar-refractivity contribution in [1.82, 2.24) is 0 Å². The Hall–Kier alpha value is -2.36. The first-order chi connectivity index (χ1) is 11.0. The maximum absolute atomic E-state index is 9.64. The predicted octanol–water partition coefficient (Wildman–Crippen LogP) is 3.93. The standard InChI is InChI=1S/C19H24O4/c1-13(10-15-7-9-17(21)19(12-15)23-3)4-5-14-6-8-16(20)18(11-14)22-2/h6-9,11-13,20-21H,4-5,10H2,1-3H3/t13-/m0/s1. The van der Waals surface area contributed by atoms with Gasteiger partial charge >= 0.3 is 0 Å². The van der Waals surface area contributed by atoms with Crippen LogP contribution in [-0.2, 0) is 12.8 Å². The third kappa shape index (κ3) is 4.55. The zero-order chi connectivity index (χ0) is 16.8. The minimum absolute atomic E-state index is 0.167. The van der Waals surface area contributed by atoms with Crippen molar-refractivity contribution in [2.75, 3.05) is 14.2 Å². The summed E-state index contributed by atoms with van der Waals surface area (Å²) in [5.41, 5.74) is 2.30. The molecule has 4 nitrogen and oxygen atoms in total. The average molecular weight is 316 g/mol. The molecule has 0 spiro atoms. The van der Waals surface area contributed by atoms with Crippen LogP contribution in [0, 0.1) is 5.92 Å². The molecular weight excluding hydrogens is 292 g/mol. The SMILES string of the molecule is COc1cc(CC[C@H](C)Cc2ccc(O)c(OC)c2)ccc1O. The quantitative estimate of drug-likeness (QED) is 0.812. The summed E-state index contributed by atoms with van der Waals surface area (Å²) in [6.07, 6.45) is 2.87. The van der Waals surface area contributed by atoms with Crippen LogP contribution in [0.4, 0.5) is 0 Å². The molecule has 0 fully saturated rings. The fourth-order valence-corrected chi connectivity index (χ4v) is 2.64. The first-order valence-corrected chi connectivity index (χ1v) is 7.75. The van der Waals surface area contributed by atoms with Crippen molar-refractivity contribution in [1.29, 1.82) is 0 Å². The second-order valence-electron chi connectivity index (χ2n) is 5.86. The number of aromatic hydroxyl groups is 2. The molecule has 0 aliphatic rings. The minimum Gasteiger partial charge on any atom is -0.504 e. The van der Waals surface area contributed by atoms with Gasteiger partial charge in [0.05, 0.1) is 14.2 Å². The largest absolute Gasteiger partial charge is 0.504 e. The van der Waals surface area contributed by atoms with Gasteiger partial charge in [0.15, 0.2) is 23.0 Å². The predicted molar refractivity (Wildman–Crippen MR) is 90.5 cm³/mol. The van der Waals surface area contributed by atoms with Crippen molar-refractivity contribution in [3.05, 3.63) is 47.5 Å². The summed E-state index contributed by atoms with van der Waals surface area (Å²) < 4.78 is 10.3. The van der Waals surface area contributed by atoms with Gasteiger partial charge in [-0.2, -0.15) is 0 Å². The van der Waals surface area contributed by atoms with Crippen molar-refractivity contribution < 1.29 is 19.7 Å². The Bertz CT molecular complexity index is 652. The third-order valence-corrected chi connectivity index (χ3v) is 4.00. The van der Waals surface area contributed by atoms with Crippen LogP contribution >= 0.6 is 0 Å². The summed E-state index contributed by atoms with van der Waals surface area (Å²) in [6.45, 7) is 2.21. The first-order valence-electron chi connectivity index (χ1n) is 7.75. The van der Waals surface area contributed by atoms with Crippen molar-refractivity contribution in [2.24, 2.45) is 5.92 Å². The zero-order valence-electron chi connectivity index (χ0n) is 13.9. The summed E-state index contributed by atoms with van der Waals surface area (Å²) in [4.78, 5) is 0. The lowest BCUT2D eigenvalue weighted by molar-refractivity contribution is 0.372. The lowest BCUT2D eigenvalue weighted by Gasteiger charge is -2.13. The molecule has 0 aliphatic heterocycles. The second kappa shape index (κ2) is 7.77. The van der Waals surface area contributed by atoms with E-state index in [1.54, 1.807) is 26.4 Å². The Balaban J connectivity index is 1.93. The van der Waals surface area contributed by atoms with Gasteiger partial charge in [-0.3, -0.25) is 0 Å². The van der Waals surface area contributed by atoms with Gasteiger partial charge in [0.2, 0.25) is 0 Å². The van der Waals surface area contributed by atoms with Crippen LogP contribution in [0.3, 0.4) is 0 Å². The fourth-order valence-electron chi connectivity index (χ4n) is 2.64. The van der Waals surface area contributed by atoms with E-state index in [1.807, 2.05) is 24.3 Å². The molecule has 0 saturated carbocycles. The molecule has 0 heterocycles. The maximum atomic E-state index is 9.64. The van der Waals surface area contributed by atoms with Crippen molar-refractivity contribution in [3.8, 4) is 23.0 Å². The number of phenols is 2. The van der Waals surface area contributed by atoms with Crippen LogP contribution in [0.2, 0.25) is 0 Å². The van der Waals surface area contributed by atoms with Crippen molar-refractivity contribution in [3.63, 3.8) is 0 Å². The van der Waals surface area contributed by atoms with E-state index in [-0.39, 0.29) is 11.5 Å². The average Bonchev–Trinajstić information content (AvgIpc) is 2.55. The molecule has 0 saturated heterocycles. The zero-order valence-corrected chi connectivity index (χ0v) is 13.9. The molecule has 0 unspecified atom stereocenters. The van der Waals surface area contributed by atoms with Gasteiger partial charge in [-0.05, 0) is 60.6 Å². The molecule has 0 aromatic heterocycles. The van der Waals surface area contributed by atoms with E-state index in [2.05, 4.69) is 6.92 Å². The molecule has 1 atom stereocenters. The van der Waals surface area contributed by atoms with E-state index in [9.17, 15) is 10.2 Å². The molecule has 2 aromatic rings. The number of methoxy groups -OCH3 is 2. The van der Waals surface area contributed by atoms with Crippen LogP contribution in [-0.4, -0.2) is 24.4 Å². The second-order valence-corrected chi connectivity index (χ2v) is 5.86. The van der Waals surface area contributed by atoms with Gasteiger partial charge in [0, 0.05) is 0 Å². The summed E-state index contributed by atoms with van der Waals surface area (Å²) in [5.74, 6) is 1.85. The highest BCUT2D eigenvalue weighted by atomic mass is 16.5. The molecule has 124 valence electrons. The van der Waals surface area contributed by atoms with Gasteiger partial charge in [-0.25, -0.2) is 0 Å². The van der Waals surface area contributed by atoms with E-state index in [0.717, 1.165) is 30.4 Å². The number of aryl methyl sites for hydroxylation is 1. The van der Waals surface area contributed by atoms with Crippen molar-refractivity contribution >= 4 is 0 Å². The Morgan fingerprint density at radius 1 is 0.870 bits per heavy atom. The number of rotatable bonds is 7. The maximum Gasteiger partial charge on any atom is 0.160 e. The highest BCUT2D eigenvalue weighted by Gasteiger charge is 2.09. The molecule has 2 rings (SSSR count). The summed E-state index contributed by atoms with van der Waals surface area (Å²) in [5, 5.41) is 19.3. The van der Waals surface area contributed by atoms with Gasteiger partial charge in [-0.1, -0.05) is 19.1 Å². The topological polar surface area (TPSA) is 58.9 Å². The summed E-state index contributed by atoms with van der Waals surface area (Å²) in [6, 6.07) is 11.0. The van der Waals surface area contributed by atoms with E-state index in [1.165, 1.54) is 0 Å². The highest BCUT2D eigenvalue weighted by Crippen LogP contribution is 2.29. The molecule has 0 bridgehead atoms. The van der Waals surface area contributed by atoms with Crippen molar-refractivity contribution in [2.45, 2.75) is 26.2 Å². The smallest absolute Gasteiger partial charge is 0.160 e. The van der Waals surface area contributed by atoms with Gasteiger partial charge in [0.1, 0.15) is 0 Å². The number of hydrogen-bond donors (Lipinski definition) is 2. The number of ether oxygens (including phenoxy) is 2. The monoisotopic (exact) mass is 316 g/mol. The number of phenolic OH excluding ortho intramolecular Hbond substituents is 2. The Morgan fingerprint density at radius 3 is 1.96 bits per heavy atom. The van der Waals surface area contributed by atoms with Gasteiger partial charge < -0.3 is 19.7 Å². The molecule has 23 heavy (non-hydrogen) atoms. The molecule has 0 amide bonds. The number of benzene rings is 2. The van der Waals surface area contributed by atoms with Crippen LogP contribution in [0.5, 0.6) is 23.0 Å². The number of hydrogen-bond acceptors (Lipinski definition) is 4. The summed E-state index contributed by atoms with van der Waals surface area (Å²) in [7, 11) is 3.11. The highest BCUT2D eigenvalue weighted by molar-refractivity contribution is 5.42. The van der Waals surface area contributed by atoms with E-state index < -0.39 is 0 Å². The first kappa shape index (κ1) is 17.0. The molecule has 4 heteroatoms. The Labute approximate surface area is 137 Å². The van der Waals surface area contributed by atoms with Crippen LogP contribution in [0.1, 0.15) is 24.5 Å². The molecule has 0 radical (unpaired) electrons. The molecule has 0 aliphatic carbocycles. The van der Waals surface area contributed by atoms with Crippen LogP contribution < -0.4 is 9.47 Å². The van der Waals surface area contributed by atoms with Gasteiger partial charge in [0.25, 0.3) is 0 Å². The minimum atomic E-state index is 0.167. The molecule has 2 N–H and O–H groups in total. The van der Waals surface area contributed by atoms with Crippen LogP contribution in [0.25, 0.3) is 0 Å². The van der Waals surface area contributed by atoms with E-state index >= 15 is 0 Å². The third-order valence-electron chi connectivity index (χ3n) is 4.00. The Kier molecular flexibility index (Phi) is 5.74. The van der Waals surface area contributed by atoms with E-state index in [0.29, 0.717) is 17.4 Å². The normalized spacial score (nSPS) is 12.0. The summed E-state index contributed by atoms with van der Waals surface area (Å²) >= 11 is 0. The van der Waals surface area contributed by atoms with E-state index in [4.69, 9.17) is 9.47 Å². The Morgan fingerprint density at radius 2 is 1.39 bits per heavy atom. The molecule has 2 aromatic carbocycles. The molecular formula is C19H24O4. The lowest BCUT2D eigenvalue weighted by atomic mass is 9.94.